The topological polar surface area (TPSA) is 29.5 Å². The number of hydrogen-bond acceptors (Lipinski definition) is 2. The van der Waals surface area contributed by atoms with Crippen LogP contribution in [0.15, 0.2) is 320 Å². The van der Waals surface area contributed by atoms with Gasteiger partial charge in [-0.3, -0.25) is 0 Å². The van der Waals surface area contributed by atoms with Gasteiger partial charge in [-0.25, -0.2) is 0 Å². The zero-order valence-electron chi connectivity index (χ0n) is 52.8. The molecule has 0 spiro atoms. The molecule has 0 unspecified atom stereocenters. The molecule has 2 nitrogen and oxygen atoms in total. The molecule has 0 saturated heterocycles. The molecule has 18 rings (SSSR count). The van der Waals surface area contributed by atoms with Crippen LogP contribution >= 0.6 is 15.9 Å². The van der Waals surface area contributed by atoms with Gasteiger partial charge in [-0.1, -0.05) is 317 Å². The third-order valence-electron chi connectivity index (χ3n) is 19.9. The van der Waals surface area contributed by atoms with E-state index < -0.39 is 0 Å². The highest BCUT2D eigenvalue weighted by Crippen LogP contribution is 2.54. The molecule has 0 bridgehead atoms. The molecule has 16 aromatic rings. The second-order valence-corrected chi connectivity index (χ2v) is 26.9. The number of rotatable bonds is 7. The van der Waals surface area contributed by atoms with Crippen LogP contribution in [0.25, 0.3) is 143 Å². The van der Waals surface area contributed by atoms with Gasteiger partial charge in [0.15, 0.2) is 0 Å². The largest absolute Gasteiger partial charge is 0.569 e. The smallest absolute Gasteiger partial charge is 0.537 e. The summed E-state index contributed by atoms with van der Waals surface area (Å²) in [5.74, 6) is 0.670. The van der Waals surface area contributed by atoms with E-state index >= 15 is 0 Å². The van der Waals surface area contributed by atoms with Crippen molar-refractivity contribution in [2.45, 2.75) is 38.5 Å². The first-order valence-electron chi connectivity index (χ1n) is 32.4. The van der Waals surface area contributed by atoms with Gasteiger partial charge in [0.2, 0.25) is 0 Å². The first-order valence-corrected chi connectivity index (χ1v) is 33.1. The van der Waals surface area contributed by atoms with Crippen molar-refractivity contribution in [3.05, 3.63) is 342 Å². The van der Waals surface area contributed by atoms with Gasteiger partial charge in [0.25, 0.3) is 0 Å². The van der Waals surface area contributed by atoms with Crippen molar-refractivity contribution in [2.75, 3.05) is 0 Å². The average molecular weight is 1270 g/mol. The minimum Gasteiger partial charge on any atom is -0.537 e. The molecule has 2 aliphatic carbocycles. The van der Waals surface area contributed by atoms with Crippen LogP contribution in [-0.2, 0) is 10.8 Å². The molecule has 447 valence electrons. The van der Waals surface area contributed by atoms with E-state index in [1.54, 1.807) is 0 Å². The first-order chi connectivity index (χ1) is 46.0. The molecular formula is C90H65BBrO2. The van der Waals surface area contributed by atoms with Gasteiger partial charge < -0.3 is 9.68 Å². The van der Waals surface area contributed by atoms with E-state index in [1.807, 2.05) is 42.5 Å². The second kappa shape index (κ2) is 23.8. The number of hydrogen-bond donors (Lipinski definition) is 1. The predicted molar refractivity (Wildman–Crippen MR) is 403 cm³/mol. The standard InChI is InChI=1S/C45H32.C26H18BO2.C19H15Br/c1-45(2)41-25-24-34(27-39(41)40-26-32-14-6-7-15-33(32)28-42(40)45)44-37-18-10-8-16-35(37)43(36-17-9-11-19-38(36)44)31-22-20-30(21-23-31)29-12-4-3-5-13-29;28-27-29-26-23-12-6-4-10-21(23)25(22-11-5-7-13-24(22)26)20-16-14-19(15-17-20)18-8-2-1-3-9-18;1-19(2)17-8-7-14(20)11-16(17)15-9-12-5-3-4-6-13(12)10-18(15)19/h3-28H,1-2H3;1-17,28H;3-11H,1-2H3. The SMILES string of the molecule is CC1(C)c2ccc(-c3c4ccccc4c(-c4ccc(-c5ccccc5)cc4)c4ccccc34)cc2-c2cc3ccccc3cc21.CC1(C)c2ccc(Br)cc2-c2cc3ccccc3cc21.O[B]Oc1c2ccccc2c(-c2ccc(-c3ccccc3)cc2)c2ccccc12. The van der Waals surface area contributed by atoms with Gasteiger partial charge in [0.05, 0.1) is 0 Å². The summed E-state index contributed by atoms with van der Waals surface area (Å²) < 4.78 is 6.68. The minimum atomic E-state index is -0.0485. The first kappa shape index (κ1) is 58.5. The van der Waals surface area contributed by atoms with Crippen molar-refractivity contribution in [1.82, 2.24) is 0 Å². The Kier molecular flexibility index (Phi) is 14.8. The Labute approximate surface area is 558 Å². The molecule has 0 atom stereocenters. The zero-order chi connectivity index (χ0) is 63.7. The number of fused-ring (bicyclic) bond motifs is 12. The van der Waals surface area contributed by atoms with Crippen molar-refractivity contribution in [1.29, 1.82) is 0 Å². The summed E-state index contributed by atoms with van der Waals surface area (Å²) in [6.45, 7) is 9.38. The highest BCUT2D eigenvalue weighted by atomic mass is 79.9. The van der Waals surface area contributed by atoms with Gasteiger partial charge in [0, 0.05) is 26.1 Å². The maximum absolute atomic E-state index is 9.32. The van der Waals surface area contributed by atoms with Gasteiger partial charge in [-0.2, -0.15) is 0 Å². The fourth-order valence-electron chi connectivity index (χ4n) is 15.3. The average Bonchev–Trinajstić information content (AvgIpc) is 1.58. The Hall–Kier alpha value is -10.6. The lowest BCUT2D eigenvalue weighted by atomic mass is 9.81. The van der Waals surface area contributed by atoms with Gasteiger partial charge in [-0.15, -0.1) is 0 Å². The third-order valence-corrected chi connectivity index (χ3v) is 20.4. The fraction of sp³-hybridized carbons (Fsp3) is 0.0667. The van der Waals surface area contributed by atoms with Crippen LogP contribution in [0.2, 0.25) is 0 Å². The molecule has 1 radical (unpaired) electrons. The summed E-state index contributed by atoms with van der Waals surface area (Å²) in [6, 6.07) is 114. The molecule has 16 aromatic carbocycles. The zero-order valence-corrected chi connectivity index (χ0v) is 54.4. The highest BCUT2D eigenvalue weighted by Gasteiger charge is 2.37. The highest BCUT2D eigenvalue weighted by molar-refractivity contribution is 9.10. The second-order valence-electron chi connectivity index (χ2n) is 25.9. The summed E-state index contributed by atoms with van der Waals surface area (Å²) in [7, 11) is 0.753. The summed E-state index contributed by atoms with van der Waals surface area (Å²) >= 11 is 3.60. The van der Waals surface area contributed by atoms with Crippen LogP contribution in [-0.4, -0.2) is 12.7 Å². The fourth-order valence-corrected chi connectivity index (χ4v) is 15.6. The van der Waals surface area contributed by atoms with Gasteiger partial charge in [0.1, 0.15) is 5.75 Å². The van der Waals surface area contributed by atoms with E-state index in [4.69, 9.17) is 4.65 Å². The monoisotopic (exact) mass is 1270 g/mol. The Balaban J connectivity index is 0.000000122. The Morgan fingerprint density at radius 1 is 0.266 bits per heavy atom. The van der Waals surface area contributed by atoms with E-state index in [9.17, 15) is 5.02 Å². The number of benzene rings is 16. The lowest BCUT2D eigenvalue weighted by Crippen LogP contribution is -2.14. The molecule has 0 amide bonds. The van der Waals surface area contributed by atoms with Gasteiger partial charge in [-0.05, 0) is 196 Å². The normalized spacial score (nSPS) is 13.0. The van der Waals surface area contributed by atoms with E-state index in [0.717, 1.165) is 39.3 Å². The van der Waals surface area contributed by atoms with Crippen LogP contribution in [0.1, 0.15) is 49.9 Å². The maximum atomic E-state index is 9.32. The van der Waals surface area contributed by atoms with E-state index in [2.05, 4.69) is 317 Å². The lowest BCUT2D eigenvalue weighted by molar-refractivity contribution is 0.459. The summed E-state index contributed by atoms with van der Waals surface area (Å²) in [5, 5.41) is 23.8. The predicted octanol–water partition coefficient (Wildman–Crippen LogP) is 24.6. The minimum absolute atomic E-state index is 0.0485. The van der Waals surface area contributed by atoms with Crippen molar-refractivity contribution in [3.63, 3.8) is 0 Å². The van der Waals surface area contributed by atoms with Crippen LogP contribution in [0, 0.1) is 0 Å². The molecule has 0 aromatic heterocycles. The maximum Gasteiger partial charge on any atom is 0.569 e. The van der Waals surface area contributed by atoms with E-state index in [1.165, 1.54) is 138 Å². The van der Waals surface area contributed by atoms with Crippen molar-refractivity contribution < 1.29 is 9.68 Å². The molecule has 0 fully saturated rings. The molecular weight excluding hydrogens is 1200 g/mol. The van der Waals surface area contributed by atoms with Crippen LogP contribution in [0.4, 0.5) is 0 Å². The molecule has 4 heteroatoms. The molecule has 1 N–H and O–H groups in total. The molecule has 0 heterocycles. The Bertz CT molecular complexity index is 5500. The summed E-state index contributed by atoms with van der Waals surface area (Å²) in [5.41, 5.74) is 23.5. The van der Waals surface area contributed by atoms with Crippen LogP contribution in [0.3, 0.4) is 0 Å². The molecule has 94 heavy (non-hydrogen) atoms. The van der Waals surface area contributed by atoms with Gasteiger partial charge >= 0.3 is 7.69 Å². The lowest BCUT2D eigenvalue weighted by Gasteiger charge is -2.22. The molecule has 0 saturated carbocycles. The van der Waals surface area contributed by atoms with Crippen molar-refractivity contribution >= 4 is 88.2 Å². The van der Waals surface area contributed by atoms with Crippen LogP contribution < -0.4 is 4.65 Å². The Morgan fingerprint density at radius 3 is 0.957 bits per heavy atom. The van der Waals surface area contributed by atoms with E-state index in [0.29, 0.717) is 5.75 Å². The third kappa shape index (κ3) is 10.1. The van der Waals surface area contributed by atoms with Crippen LogP contribution in [0.5, 0.6) is 5.75 Å². The molecule has 0 aliphatic heterocycles. The Morgan fingerprint density at radius 2 is 0.553 bits per heavy atom. The van der Waals surface area contributed by atoms with E-state index in [-0.39, 0.29) is 10.8 Å². The summed E-state index contributed by atoms with van der Waals surface area (Å²) in [4.78, 5) is 0. The quantitative estimate of drug-likeness (QED) is 0.127. The summed E-state index contributed by atoms with van der Waals surface area (Å²) in [6.07, 6.45) is 0. The molecule has 2 aliphatic rings. The van der Waals surface area contributed by atoms with Crippen molar-refractivity contribution in [2.24, 2.45) is 0 Å². The number of halogens is 1. The van der Waals surface area contributed by atoms with Crippen molar-refractivity contribution in [3.8, 4) is 83.6 Å².